The summed E-state index contributed by atoms with van der Waals surface area (Å²) in [5, 5.41) is 7.27. The van der Waals surface area contributed by atoms with Crippen LogP contribution in [0, 0.1) is 0 Å². The van der Waals surface area contributed by atoms with E-state index >= 15 is 0 Å². The van der Waals surface area contributed by atoms with E-state index in [2.05, 4.69) is 33.6 Å². The molecule has 3 rings (SSSR count). The Bertz CT molecular complexity index is 545. The fraction of sp³-hybridized carbons (Fsp3) is 0.308. The summed E-state index contributed by atoms with van der Waals surface area (Å²) in [6.07, 6.45) is 2.60. The predicted octanol–water partition coefficient (Wildman–Crippen LogP) is 2.26. The van der Waals surface area contributed by atoms with Crippen LogP contribution < -0.4 is 10.2 Å². The first-order valence-electron chi connectivity index (χ1n) is 5.70. The molecule has 2 aromatic rings. The number of hydrogen-bond donors (Lipinski definition) is 1. The zero-order chi connectivity index (χ0) is 11.8. The topological polar surface area (TPSA) is 41.3 Å². The van der Waals surface area contributed by atoms with E-state index in [-0.39, 0.29) is 0 Å². The van der Waals surface area contributed by atoms with Gasteiger partial charge in [-0.15, -0.1) is 0 Å². The Morgan fingerprint density at radius 1 is 1.29 bits per heavy atom. The van der Waals surface area contributed by atoms with E-state index in [0.29, 0.717) is 0 Å². The fourth-order valence-corrected chi connectivity index (χ4v) is 2.11. The lowest BCUT2D eigenvalue weighted by Crippen LogP contribution is -2.09. The molecule has 0 atom stereocenters. The van der Waals surface area contributed by atoms with E-state index in [9.17, 15) is 0 Å². The first-order valence-corrected chi connectivity index (χ1v) is 5.70. The maximum atomic E-state index is 5.29. The van der Waals surface area contributed by atoms with Gasteiger partial charge in [-0.25, -0.2) is 0 Å². The molecule has 88 valence electrons. The molecule has 1 aliphatic rings. The highest BCUT2D eigenvalue weighted by Crippen LogP contribution is 2.29. The lowest BCUT2D eigenvalue weighted by Gasteiger charge is -2.15. The van der Waals surface area contributed by atoms with Gasteiger partial charge in [0.1, 0.15) is 5.76 Å². The van der Waals surface area contributed by atoms with E-state index < -0.39 is 0 Å². The van der Waals surface area contributed by atoms with Crippen molar-refractivity contribution in [3.05, 3.63) is 41.3 Å². The molecule has 1 aliphatic heterocycles. The zero-order valence-electron chi connectivity index (χ0n) is 10.0. The maximum Gasteiger partial charge on any atom is 0.146 e. The molecule has 0 bridgehead atoms. The normalized spacial score (nSPS) is 13.3. The molecule has 0 radical (unpaired) electrons. The number of fused-ring (bicyclic) bond motifs is 2. The third-order valence-electron chi connectivity index (χ3n) is 3.16. The van der Waals surface area contributed by atoms with Gasteiger partial charge in [0, 0.05) is 44.0 Å². The van der Waals surface area contributed by atoms with E-state index in [1.807, 2.05) is 14.1 Å². The standard InChI is InChI=1S/C13H15N3O/c1-16(2)11-3-4-12-9(5-11)6-13-10(7-14-12)8-15-17-13/h3-5,8,14H,6-7H2,1-2H3. The second kappa shape index (κ2) is 3.80. The van der Waals surface area contributed by atoms with E-state index in [4.69, 9.17) is 4.52 Å². The van der Waals surface area contributed by atoms with Crippen LogP contribution in [-0.4, -0.2) is 19.3 Å². The van der Waals surface area contributed by atoms with Crippen molar-refractivity contribution in [2.45, 2.75) is 13.0 Å². The molecule has 1 N–H and O–H groups in total. The molecule has 1 aromatic carbocycles. The average Bonchev–Trinajstić information content (AvgIpc) is 2.68. The molecular formula is C13H15N3O. The quantitative estimate of drug-likeness (QED) is 0.814. The van der Waals surface area contributed by atoms with E-state index in [1.165, 1.54) is 16.9 Å². The van der Waals surface area contributed by atoms with Gasteiger partial charge in [0.25, 0.3) is 0 Å². The van der Waals surface area contributed by atoms with Crippen LogP contribution in [-0.2, 0) is 13.0 Å². The molecule has 0 saturated carbocycles. The molecule has 17 heavy (non-hydrogen) atoms. The Morgan fingerprint density at radius 2 is 2.18 bits per heavy atom. The maximum absolute atomic E-state index is 5.29. The number of nitrogens with zero attached hydrogens (tertiary/aromatic N) is 2. The minimum Gasteiger partial charge on any atom is -0.381 e. The van der Waals surface area contributed by atoms with Crippen molar-refractivity contribution in [2.75, 3.05) is 24.3 Å². The first kappa shape index (κ1) is 10.2. The summed E-state index contributed by atoms with van der Waals surface area (Å²) in [6.45, 7) is 0.785. The van der Waals surface area contributed by atoms with Crippen LogP contribution in [0.1, 0.15) is 16.9 Å². The number of aromatic nitrogens is 1. The second-order valence-electron chi connectivity index (χ2n) is 4.54. The Morgan fingerprint density at radius 3 is 3.00 bits per heavy atom. The molecule has 2 heterocycles. The van der Waals surface area contributed by atoms with Crippen LogP contribution in [0.5, 0.6) is 0 Å². The number of rotatable bonds is 1. The Balaban J connectivity index is 2.03. The van der Waals surface area contributed by atoms with Crippen LogP contribution in [0.4, 0.5) is 11.4 Å². The van der Waals surface area contributed by atoms with Crippen molar-refractivity contribution in [1.29, 1.82) is 0 Å². The van der Waals surface area contributed by atoms with Crippen LogP contribution in [0.2, 0.25) is 0 Å². The van der Waals surface area contributed by atoms with Crippen molar-refractivity contribution in [1.82, 2.24) is 5.16 Å². The van der Waals surface area contributed by atoms with Crippen LogP contribution >= 0.6 is 0 Å². The van der Waals surface area contributed by atoms with E-state index in [0.717, 1.165) is 24.3 Å². The summed E-state index contributed by atoms with van der Waals surface area (Å²) in [5.74, 6) is 0.965. The third-order valence-corrected chi connectivity index (χ3v) is 3.16. The lowest BCUT2D eigenvalue weighted by molar-refractivity contribution is 0.388. The molecule has 0 fully saturated rings. The Labute approximate surface area is 100 Å². The van der Waals surface area contributed by atoms with Gasteiger partial charge in [-0.3, -0.25) is 0 Å². The van der Waals surface area contributed by atoms with Gasteiger partial charge in [0.15, 0.2) is 0 Å². The van der Waals surface area contributed by atoms with Crippen molar-refractivity contribution in [2.24, 2.45) is 0 Å². The third kappa shape index (κ3) is 1.75. The van der Waals surface area contributed by atoms with Crippen molar-refractivity contribution >= 4 is 11.4 Å². The van der Waals surface area contributed by atoms with Crippen LogP contribution in [0.25, 0.3) is 0 Å². The van der Waals surface area contributed by atoms with Gasteiger partial charge in [-0.05, 0) is 23.8 Å². The molecule has 4 nitrogen and oxygen atoms in total. The van der Waals surface area contributed by atoms with Gasteiger partial charge >= 0.3 is 0 Å². The van der Waals surface area contributed by atoms with Crippen molar-refractivity contribution in [3.8, 4) is 0 Å². The lowest BCUT2D eigenvalue weighted by atomic mass is 10.1. The molecule has 0 spiro atoms. The van der Waals surface area contributed by atoms with Gasteiger partial charge in [0.2, 0.25) is 0 Å². The molecule has 0 amide bonds. The number of anilines is 2. The number of nitrogens with one attached hydrogen (secondary N) is 1. The smallest absolute Gasteiger partial charge is 0.146 e. The number of hydrogen-bond acceptors (Lipinski definition) is 4. The van der Waals surface area contributed by atoms with Crippen molar-refractivity contribution < 1.29 is 4.52 Å². The predicted molar refractivity (Wildman–Crippen MR) is 67.4 cm³/mol. The summed E-state index contributed by atoms with van der Waals surface area (Å²) in [7, 11) is 4.09. The highest BCUT2D eigenvalue weighted by Gasteiger charge is 2.16. The molecule has 1 aromatic heterocycles. The van der Waals surface area contributed by atoms with Gasteiger partial charge < -0.3 is 14.7 Å². The zero-order valence-corrected chi connectivity index (χ0v) is 10.0. The van der Waals surface area contributed by atoms with Crippen LogP contribution in [0.15, 0.2) is 28.9 Å². The molecule has 0 unspecified atom stereocenters. The highest BCUT2D eigenvalue weighted by molar-refractivity contribution is 5.62. The molecule has 4 heteroatoms. The number of benzene rings is 1. The summed E-state index contributed by atoms with van der Waals surface area (Å²) >= 11 is 0. The SMILES string of the molecule is CN(C)c1ccc2c(c1)Cc1oncc1CN2. The fourth-order valence-electron chi connectivity index (χ4n) is 2.11. The first-order chi connectivity index (χ1) is 8.24. The monoisotopic (exact) mass is 229 g/mol. The molecular weight excluding hydrogens is 214 g/mol. The van der Waals surface area contributed by atoms with Crippen molar-refractivity contribution in [3.63, 3.8) is 0 Å². The average molecular weight is 229 g/mol. The highest BCUT2D eigenvalue weighted by atomic mass is 16.5. The minimum atomic E-state index is 0.785. The Hall–Kier alpha value is -1.97. The molecule has 0 saturated heterocycles. The summed E-state index contributed by atoms with van der Waals surface area (Å²) < 4.78 is 5.29. The molecule has 0 aliphatic carbocycles. The second-order valence-corrected chi connectivity index (χ2v) is 4.54. The minimum absolute atomic E-state index is 0.785. The van der Waals surface area contributed by atoms with Gasteiger partial charge in [-0.1, -0.05) is 5.16 Å². The van der Waals surface area contributed by atoms with Crippen LogP contribution in [0.3, 0.4) is 0 Å². The summed E-state index contributed by atoms with van der Waals surface area (Å²) in [5.41, 5.74) is 4.79. The summed E-state index contributed by atoms with van der Waals surface area (Å²) in [4.78, 5) is 2.10. The van der Waals surface area contributed by atoms with E-state index in [1.54, 1.807) is 6.20 Å². The van der Waals surface area contributed by atoms with Gasteiger partial charge in [0.05, 0.1) is 6.20 Å². The van der Waals surface area contributed by atoms with Gasteiger partial charge in [-0.2, -0.15) is 0 Å². The Kier molecular flexibility index (Phi) is 2.28. The summed E-state index contributed by atoms with van der Waals surface area (Å²) in [6, 6.07) is 6.45. The largest absolute Gasteiger partial charge is 0.381 e.